The molecule has 1 aliphatic heterocycles. The first-order valence-corrected chi connectivity index (χ1v) is 6.57. The Kier molecular flexibility index (Phi) is 5.13. The zero-order valence-corrected chi connectivity index (χ0v) is 11.1. The molecule has 1 aromatic rings. The molecule has 106 valence electrons. The van der Waals surface area contributed by atoms with Gasteiger partial charge >= 0.3 is 0 Å². The second-order valence-corrected chi connectivity index (χ2v) is 4.66. The Hall–Kier alpha value is -1.17. The van der Waals surface area contributed by atoms with Crippen molar-refractivity contribution in [1.82, 2.24) is 4.90 Å². The largest absolute Gasteiger partial charge is 0.492 e. The maximum absolute atomic E-state index is 13.6. The second kappa shape index (κ2) is 6.84. The molecule has 1 aliphatic rings. The van der Waals surface area contributed by atoms with Crippen molar-refractivity contribution in [1.29, 1.82) is 0 Å². The Morgan fingerprint density at radius 2 is 2.16 bits per heavy atom. The molecule has 1 aromatic carbocycles. The molecule has 1 saturated heterocycles. The van der Waals surface area contributed by atoms with E-state index in [9.17, 15) is 9.50 Å². The highest BCUT2D eigenvalue weighted by Gasteiger charge is 2.11. The number of ether oxygens (including phenoxy) is 2. The topological polar surface area (TPSA) is 41.9 Å². The summed E-state index contributed by atoms with van der Waals surface area (Å²) in [7, 11) is 0. The summed E-state index contributed by atoms with van der Waals surface area (Å²) < 4.78 is 24.4. The molecule has 2 rings (SSSR count). The van der Waals surface area contributed by atoms with Crippen LogP contribution >= 0.6 is 0 Å². The van der Waals surface area contributed by atoms with Crippen molar-refractivity contribution in [3.63, 3.8) is 0 Å². The van der Waals surface area contributed by atoms with Crippen LogP contribution in [0.15, 0.2) is 18.2 Å². The molecule has 19 heavy (non-hydrogen) atoms. The van der Waals surface area contributed by atoms with E-state index in [1.54, 1.807) is 12.1 Å². The molecule has 0 amide bonds. The minimum absolute atomic E-state index is 0.292. The highest BCUT2D eigenvalue weighted by atomic mass is 19.1. The highest BCUT2D eigenvalue weighted by Crippen LogP contribution is 2.21. The SMILES string of the molecule is C[C@H](O)c1ccc(OCCN2CCOCC2)cc1F. The lowest BCUT2D eigenvalue weighted by atomic mass is 10.1. The molecule has 0 bridgehead atoms. The van der Waals surface area contributed by atoms with Crippen molar-refractivity contribution in [2.75, 3.05) is 39.5 Å². The summed E-state index contributed by atoms with van der Waals surface area (Å²) in [5.41, 5.74) is 0.292. The van der Waals surface area contributed by atoms with Gasteiger partial charge in [-0.2, -0.15) is 0 Å². The molecule has 0 unspecified atom stereocenters. The van der Waals surface area contributed by atoms with E-state index in [2.05, 4.69) is 4.90 Å². The van der Waals surface area contributed by atoms with Gasteiger partial charge in [0.1, 0.15) is 18.2 Å². The maximum atomic E-state index is 13.6. The third kappa shape index (κ3) is 4.16. The van der Waals surface area contributed by atoms with Gasteiger partial charge in [-0.15, -0.1) is 0 Å². The predicted octanol–water partition coefficient (Wildman–Crippen LogP) is 1.59. The predicted molar refractivity (Wildman–Crippen MR) is 69.8 cm³/mol. The van der Waals surface area contributed by atoms with Gasteiger partial charge in [-0.05, 0) is 19.1 Å². The second-order valence-electron chi connectivity index (χ2n) is 4.66. The van der Waals surface area contributed by atoms with Crippen LogP contribution in [-0.2, 0) is 4.74 Å². The summed E-state index contributed by atoms with van der Waals surface area (Å²) in [6, 6.07) is 4.57. The van der Waals surface area contributed by atoms with E-state index in [0.29, 0.717) is 17.9 Å². The number of hydrogen-bond donors (Lipinski definition) is 1. The summed E-state index contributed by atoms with van der Waals surface area (Å²) >= 11 is 0. The Balaban J connectivity index is 1.81. The van der Waals surface area contributed by atoms with Crippen LogP contribution < -0.4 is 4.74 Å². The van der Waals surface area contributed by atoms with Gasteiger partial charge in [-0.1, -0.05) is 0 Å². The van der Waals surface area contributed by atoms with Crippen molar-refractivity contribution in [2.24, 2.45) is 0 Å². The van der Waals surface area contributed by atoms with Gasteiger partial charge in [0.15, 0.2) is 0 Å². The summed E-state index contributed by atoms with van der Waals surface area (Å²) in [5.74, 6) is 0.0639. The highest BCUT2D eigenvalue weighted by molar-refractivity contribution is 5.29. The Morgan fingerprint density at radius 1 is 1.42 bits per heavy atom. The Bertz CT molecular complexity index is 406. The van der Waals surface area contributed by atoms with E-state index in [4.69, 9.17) is 9.47 Å². The zero-order chi connectivity index (χ0) is 13.7. The van der Waals surface area contributed by atoms with E-state index in [1.165, 1.54) is 13.0 Å². The monoisotopic (exact) mass is 269 g/mol. The van der Waals surface area contributed by atoms with Crippen molar-refractivity contribution >= 4 is 0 Å². The fraction of sp³-hybridized carbons (Fsp3) is 0.571. The number of aliphatic hydroxyl groups is 1. The molecule has 1 fully saturated rings. The number of aliphatic hydroxyl groups excluding tert-OH is 1. The van der Waals surface area contributed by atoms with E-state index in [-0.39, 0.29) is 0 Å². The van der Waals surface area contributed by atoms with E-state index < -0.39 is 11.9 Å². The fourth-order valence-corrected chi connectivity index (χ4v) is 2.05. The van der Waals surface area contributed by atoms with Crippen molar-refractivity contribution in [3.05, 3.63) is 29.6 Å². The fourth-order valence-electron chi connectivity index (χ4n) is 2.05. The van der Waals surface area contributed by atoms with Crippen LogP contribution in [0, 0.1) is 5.82 Å². The summed E-state index contributed by atoms with van der Waals surface area (Å²) in [5, 5.41) is 9.34. The first-order valence-electron chi connectivity index (χ1n) is 6.57. The average Bonchev–Trinajstić information content (AvgIpc) is 2.39. The third-order valence-electron chi connectivity index (χ3n) is 3.20. The lowest BCUT2D eigenvalue weighted by Gasteiger charge is -2.26. The molecule has 1 atom stereocenters. The number of benzene rings is 1. The molecule has 0 aliphatic carbocycles. The molecule has 0 saturated carbocycles. The number of rotatable bonds is 5. The van der Waals surface area contributed by atoms with Crippen molar-refractivity contribution < 1.29 is 19.0 Å². The van der Waals surface area contributed by atoms with Crippen LogP contribution in [0.3, 0.4) is 0 Å². The van der Waals surface area contributed by atoms with Crippen LogP contribution in [0.25, 0.3) is 0 Å². The van der Waals surface area contributed by atoms with E-state index >= 15 is 0 Å². The molecule has 5 heteroatoms. The molecule has 4 nitrogen and oxygen atoms in total. The number of nitrogens with zero attached hydrogens (tertiary/aromatic N) is 1. The summed E-state index contributed by atoms with van der Waals surface area (Å²) in [6.45, 7) is 6.22. The van der Waals surface area contributed by atoms with Crippen LogP contribution in [0.2, 0.25) is 0 Å². The zero-order valence-electron chi connectivity index (χ0n) is 11.1. The van der Waals surface area contributed by atoms with Crippen LogP contribution in [0.1, 0.15) is 18.6 Å². The van der Waals surface area contributed by atoms with Gasteiger partial charge in [0.25, 0.3) is 0 Å². The first kappa shape index (κ1) is 14.2. The molecule has 0 spiro atoms. The Labute approximate surface area is 112 Å². The van der Waals surface area contributed by atoms with Gasteiger partial charge in [-0.25, -0.2) is 4.39 Å². The van der Waals surface area contributed by atoms with Crippen molar-refractivity contribution in [3.8, 4) is 5.75 Å². The molecular weight excluding hydrogens is 249 g/mol. The standard InChI is InChI=1S/C14H20FNO3/c1-11(17)13-3-2-12(10-14(13)15)19-9-6-16-4-7-18-8-5-16/h2-3,10-11,17H,4-9H2,1H3/t11-/m0/s1. The summed E-state index contributed by atoms with van der Waals surface area (Å²) in [4.78, 5) is 2.25. The quantitative estimate of drug-likeness (QED) is 0.881. The first-order chi connectivity index (χ1) is 9.16. The smallest absolute Gasteiger partial charge is 0.132 e. The average molecular weight is 269 g/mol. The van der Waals surface area contributed by atoms with Crippen molar-refractivity contribution in [2.45, 2.75) is 13.0 Å². The number of morpholine rings is 1. The summed E-state index contributed by atoms with van der Waals surface area (Å²) in [6.07, 6.45) is -0.803. The van der Waals surface area contributed by atoms with Gasteiger partial charge in [0.05, 0.1) is 19.3 Å². The third-order valence-corrected chi connectivity index (χ3v) is 3.20. The van der Waals surface area contributed by atoms with Gasteiger partial charge in [-0.3, -0.25) is 4.90 Å². The van der Waals surface area contributed by atoms with E-state index in [0.717, 1.165) is 32.8 Å². The molecule has 1 N–H and O–H groups in total. The van der Waals surface area contributed by atoms with Crippen LogP contribution in [0.4, 0.5) is 4.39 Å². The van der Waals surface area contributed by atoms with Crippen LogP contribution in [0.5, 0.6) is 5.75 Å². The molecule has 0 aromatic heterocycles. The van der Waals surface area contributed by atoms with Gasteiger partial charge < -0.3 is 14.6 Å². The lowest BCUT2D eigenvalue weighted by Crippen LogP contribution is -2.38. The maximum Gasteiger partial charge on any atom is 0.132 e. The number of halogens is 1. The van der Waals surface area contributed by atoms with Gasteiger partial charge in [0.2, 0.25) is 0 Å². The Morgan fingerprint density at radius 3 is 2.79 bits per heavy atom. The number of hydrogen-bond acceptors (Lipinski definition) is 4. The molecule has 0 radical (unpaired) electrons. The normalized spacial score (nSPS) is 18.3. The molecular formula is C14H20FNO3. The van der Waals surface area contributed by atoms with E-state index in [1.807, 2.05) is 0 Å². The minimum Gasteiger partial charge on any atom is -0.492 e. The molecule has 1 heterocycles. The lowest BCUT2D eigenvalue weighted by molar-refractivity contribution is 0.0322. The van der Waals surface area contributed by atoms with Gasteiger partial charge in [0, 0.05) is 31.3 Å². The van der Waals surface area contributed by atoms with Crippen LogP contribution in [-0.4, -0.2) is 49.5 Å². The minimum atomic E-state index is -0.803.